The van der Waals surface area contributed by atoms with Gasteiger partial charge in [0.15, 0.2) is 0 Å². The Morgan fingerprint density at radius 3 is 1.68 bits per heavy atom. The minimum Gasteiger partial charge on any atom is -0.455 e. The molecule has 0 saturated carbocycles. The fraction of sp³-hybridized carbons (Fsp3) is 0.0182. The van der Waals surface area contributed by atoms with Crippen molar-refractivity contribution in [3.8, 4) is 44.5 Å². The van der Waals surface area contributed by atoms with Gasteiger partial charge < -0.3 is 4.42 Å². The summed E-state index contributed by atoms with van der Waals surface area (Å²) in [6, 6.07) is 72.1. The summed E-state index contributed by atoms with van der Waals surface area (Å²) in [6.45, 7) is 0. The standard InChI is InChI=1S/C55H32O/c1-3-16-37-33(12-1)14-9-21-40(37)41-22-10-15-35-30-51-47(32-46(35)41)44-28-27-36(31-50(44)55(51)48-23-7-5-18-42(48)43-19-6-8-24-49(43)55)38-20-11-25-52-53(38)45-29-26-34-13-2-4-17-39(34)54(45)56-52/h1-32H. The molecule has 1 heterocycles. The van der Waals surface area contributed by atoms with E-state index in [-0.39, 0.29) is 0 Å². The van der Waals surface area contributed by atoms with Crippen LogP contribution in [0, 0.1) is 0 Å². The van der Waals surface area contributed by atoms with Crippen molar-refractivity contribution >= 4 is 54.3 Å². The van der Waals surface area contributed by atoms with Gasteiger partial charge in [-0.2, -0.15) is 0 Å². The molecule has 258 valence electrons. The fourth-order valence-corrected chi connectivity index (χ4v) is 10.6. The SMILES string of the molecule is c1ccc2c(c1)-c1ccccc1C21c2cc(-c3cccc4oc5c6ccccc6ccc5c34)ccc2-c2cc3c(-c4cccc5ccccc45)cccc3cc21. The Labute approximate surface area is 323 Å². The molecular weight excluding hydrogens is 677 g/mol. The van der Waals surface area contributed by atoms with Crippen LogP contribution in [0.5, 0.6) is 0 Å². The van der Waals surface area contributed by atoms with Gasteiger partial charge in [0.2, 0.25) is 0 Å². The van der Waals surface area contributed by atoms with Crippen LogP contribution in [0.15, 0.2) is 199 Å². The lowest BCUT2D eigenvalue weighted by atomic mass is 9.70. The first kappa shape index (κ1) is 30.1. The second kappa shape index (κ2) is 10.9. The van der Waals surface area contributed by atoms with Crippen molar-refractivity contribution in [1.29, 1.82) is 0 Å². The molecule has 0 unspecified atom stereocenters. The lowest BCUT2D eigenvalue weighted by Gasteiger charge is -2.31. The molecule has 1 nitrogen and oxygen atoms in total. The molecule has 0 fully saturated rings. The molecule has 2 aliphatic rings. The smallest absolute Gasteiger partial charge is 0.143 e. The average molecular weight is 709 g/mol. The molecule has 0 radical (unpaired) electrons. The van der Waals surface area contributed by atoms with Crippen molar-refractivity contribution in [2.45, 2.75) is 5.41 Å². The molecule has 11 aromatic rings. The summed E-state index contributed by atoms with van der Waals surface area (Å²) in [4.78, 5) is 0. The van der Waals surface area contributed by atoms with Gasteiger partial charge in [0.05, 0.1) is 5.41 Å². The van der Waals surface area contributed by atoms with Gasteiger partial charge in [0.25, 0.3) is 0 Å². The van der Waals surface area contributed by atoms with Crippen LogP contribution in [0.3, 0.4) is 0 Å². The van der Waals surface area contributed by atoms with Gasteiger partial charge in [-0.15, -0.1) is 0 Å². The first-order valence-electron chi connectivity index (χ1n) is 19.5. The molecule has 1 aromatic heterocycles. The largest absolute Gasteiger partial charge is 0.455 e. The molecule has 0 aliphatic heterocycles. The van der Waals surface area contributed by atoms with Crippen molar-refractivity contribution in [3.05, 3.63) is 216 Å². The molecule has 0 bridgehead atoms. The number of rotatable bonds is 2. The van der Waals surface area contributed by atoms with E-state index in [9.17, 15) is 0 Å². The quantitative estimate of drug-likeness (QED) is 0.174. The second-order valence-electron chi connectivity index (χ2n) is 15.5. The molecule has 0 atom stereocenters. The van der Waals surface area contributed by atoms with Crippen LogP contribution in [0.2, 0.25) is 0 Å². The summed E-state index contributed by atoms with van der Waals surface area (Å²) in [5, 5.41) is 9.70. The van der Waals surface area contributed by atoms with Gasteiger partial charge in [-0.25, -0.2) is 0 Å². The molecular formula is C55H32O. The first-order valence-corrected chi connectivity index (χ1v) is 19.5. The van der Waals surface area contributed by atoms with E-state index in [4.69, 9.17) is 4.42 Å². The van der Waals surface area contributed by atoms with Crippen molar-refractivity contribution in [1.82, 2.24) is 0 Å². The highest BCUT2D eigenvalue weighted by molar-refractivity contribution is 6.19. The predicted octanol–water partition coefficient (Wildman–Crippen LogP) is 14.7. The van der Waals surface area contributed by atoms with E-state index in [2.05, 4.69) is 194 Å². The molecule has 2 aliphatic carbocycles. The molecule has 13 rings (SSSR count). The third kappa shape index (κ3) is 3.79. The zero-order chi connectivity index (χ0) is 36.5. The molecule has 0 amide bonds. The topological polar surface area (TPSA) is 13.1 Å². The van der Waals surface area contributed by atoms with E-state index in [0.717, 1.165) is 27.3 Å². The maximum atomic E-state index is 6.68. The average Bonchev–Trinajstić information content (AvgIpc) is 3.89. The van der Waals surface area contributed by atoms with E-state index >= 15 is 0 Å². The molecule has 0 saturated heterocycles. The summed E-state index contributed by atoms with van der Waals surface area (Å²) >= 11 is 0. The Morgan fingerprint density at radius 2 is 0.875 bits per heavy atom. The molecule has 1 spiro atoms. The first-order chi connectivity index (χ1) is 27.8. The maximum Gasteiger partial charge on any atom is 0.143 e. The highest BCUT2D eigenvalue weighted by Crippen LogP contribution is 2.64. The highest BCUT2D eigenvalue weighted by Gasteiger charge is 2.51. The number of furan rings is 1. The summed E-state index contributed by atoms with van der Waals surface area (Å²) in [5.41, 5.74) is 16.9. The van der Waals surface area contributed by atoms with Gasteiger partial charge in [-0.3, -0.25) is 0 Å². The lowest BCUT2D eigenvalue weighted by molar-refractivity contribution is 0.673. The van der Waals surface area contributed by atoms with Crippen LogP contribution in [-0.4, -0.2) is 0 Å². The van der Waals surface area contributed by atoms with Crippen molar-refractivity contribution < 1.29 is 4.42 Å². The number of benzene rings is 10. The van der Waals surface area contributed by atoms with E-state index in [0.29, 0.717) is 0 Å². The lowest BCUT2D eigenvalue weighted by Crippen LogP contribution is -2.25. The van der Waals surface area contributed by atoms with Crippen LogP contribution in [0.4, 0.5) is 0 Å². The maximum absolute atomic E-state index is 6.68. The zero-order valence-corrected chi connectivity index (χ0v) is 30.4. The van der Waals surface area contributed by atoms with E-state index < -0.39 is 5.41 Å². The van der Waals surface area contributed by atoms with Crippen LogP contribution in [0.25, 0.3) is 98.8 Å². The Hall–Kier alpha value is -7.22. The van der Waals surface area contributed by atoms with E-state index in [1.807, 2.05) is 0 Å². The summed E-state index contributed by atoms with van der Waals surface area (Å²) in [5.74, 6) is 0. The van der Waals surface area contributed by atoms with Crippen molar-refractivity contribution in [3.63, 3.8) is 0 Å². The van der Waals surface area contributed by atoms with Gasteiger partial charge in [-0.05, 0) is 124 Å². The Morgan fingerprint density at radius 1 is 0.304 bits per heavy atom. The van der Waals surface area contributed by atoms with Gasteiger partial charge in [0.1, 0.15) is 11.2 Å². The van der Waals surface area contributed by atoms with Gasteiger partial charge >= 0.3 is 0 Å². The minimum absolute atomic E-state index is 0.472. The highest BCUT2D eigenvalue weighted by atomic mass is 16.3. The normalized spacial score (nSPS) is 13.5. The number of fused-ring (bicyclic) bond motifs is 17. The Kier molecular flexibility index (Phi) is 5.89. The van der Waals surface area contributed by atoms with Gasteiger partial charge in [-0.1, -0.05) is 164 Å². The molecule has 56 heavy (non-hydrogen) atoms. The van der Waals surface area contributed by atoms with E-state index in [1.165, 1.54) is 93.7 Å². The summed E-state index contributed by atoms with van der Waals surface area (Å²) in [6.07, 6.45) is 0. The molecule has 10 aromatic carbocycles. The van der Waals surface area contributed by atoms with Crippen LogP contribution in [-0.2, 0) is 5.41 Å². The third-order valence-electron chi connectivity index (χ3n) is 12.9. The fourth-order valence-electron chi connectivity index (χ4n) is 10.6. The van der Waals surface area contributed by atoms with E-state index in [1.54, 1.807) is 0 Å². The second-order valence-corrected chi connectivity index (χ2v) is 15.5. The number of hydrogen-bond acceptors (Lipinski definition) is 1. The van der Waals surface area contributed by atoms with Crippen molar-refractivity contribution in [2.75, 3.05) is 0 Å². The van der Waals surface area contributed by atoms with Crippen LogP contribution in [0.1, 0.15) is 22.3 Å². The Balaban J connectivity index is 1.12. The third-order valence-corrected chi connectivity index (χ3v) is 12.9. The van der Waals surface area contributed by atoms with Crippen LogP contribution < -0.4 is 0 Å². The summed E-state index contributed by atoms with van der Waals surface area (Å²) in [7, 11) is 0. The molecule has 1 heteroatoms. The number of hydrogen-bond donors (Lipinski definition) is 0. The zero-order valence-electron chi connectivity index (χ0n) is 30.4. The molecule has 0 N–H and O–H groups in total. The van der Waals surface area contributed by atoms with Crippen LogP contribution >= 0.6 is 0 Å². The van der Waals surface area contributed by atoms with Gasteiger partial charge in [0, 0.05) is 16.2 Å². The summed E-state index contributed by atoms with van der Waals surface area (Å²) < 4.78 is 6.68. The predicted molar refractivity (Wildman–Crippen MR) is 233 cm³/mol. The Bertz CT molecular complexity index is 3440. The van der Waals surface area contributed by atoms with Crippen molar-refractivity contribution in [2.24, 2.45) is 0 Å². The monoisotopic (exact) mass is 708 g/mol. The minimum atomic E-state index is -0.472.